The Morgan fingerprint density at radius 3 is 2.88 bits per heavy atom. The van der Waals surface area contributed by atoms with Crippen molar-refractivity contribution in [2.75, 3.05) is 13.2 Å². The number of hydrogen-bond donors (Lipinski definition) is 1. The lowest BCUT2D eigenvalue weighted by Gasteiger charge is -2.47. The van der Waals surface area contributed by atoms with E-state index < -0.39 is 18.0 Å². The predicted octanol–water partition coefficient (Wildman–Crippen LogP) is 1.40. The maximum Gasteiger partial charge on any atom is 0.355 e. The van der Waals surface area contributed by atoms with Gasteiger partial charge < -0.3 is 19.5 Å². The molecule has 3 aliphatic rings. The zero-order chi connectivity index (χ0) is 17.4. The number of nitrogens with zero attached hydrogens (tertiary/aromatic N) is 1. The Kier molecular flexibility index (Phi) is 4.78. The number of aliphatic hydroxyl groups excluding tert-OH is 1. The monoisotopic (exact) mass is 335 g/mol. The molecule has 1 aliphatic carbocycles. The van der Waals surface area contributed by atoms with Gasteiger partial charge in [0.15, 0.2) is 0 Å². The maximum absolute atomic E-state index is 12.6. The molecule has 132 valence electrons. The van der Waals surface area contributed by atoms with Crippen LogP contribution in [0.3, 0.4) is 0 Å². The first-order valence-corrected chi connectivity index (χ1v) is 8.67. The van der Waals surface area contributed by atoms with Crippen molar-refractivity contribution in [1.82, 2.24) is 4.90 Å². The Morgan fingerprint density at radius 1 is 1.50 bits per heavy atom. The van der Waals surface area contributed by atoms with Crippen LogP contribution in [0, 0.1) is 11.8 Å². The van der Waals surface area contributed by atoms with E-state index in [9.17, 15) is 14.7 Å². The average molecular weight is 335 g/mol. The van der Waals surface area contributed by atoms with Crippen molar-refractivity contribution < 1.29 is 24.2 Å². The van der Waals surface area contributed by atoms with Gasteiger partial charge in [-0.25, -0.2) is 4.79 Å². The molecule has 1 saturated carbocycles. The highest BCUT2D eigenvalue weighted by atomic mass is 16.5. The zero-order valence-corrected chi connectivity index (χ0v) is 14.2. The number of carbonyl (C=O) groups is 2. The van der Waals surface area contributed by atoms with Crippen molar-refractivity contribution in [1.29, 1.82) is 0 Å². The minimum absolute atomic E-state index is 0.0684. The van der Waals surface area contributed by atoms with Crippen LogP contribution in [0.5, 0.6) is 0 Å². The summed E-state index contributed by atoms with van der Waals surface area (Å²) in [5.41, 5.74) is 1.23. The molecule has 0 spiro atoms. The first-order chi connectivity index (χ1) is 11.5. The third kappa shape index (κ3) is 2.48. The lowest BCUT2D eigenvalue weighted by molar-refractivity contribution is -0.164. The van der Waals surface area contributed by atoms with E-state index >= 15 is 0 Å². The molecule has 0 bridgehead atoms. The van der Waals surface area contributed by atoms with Crippen molar-refractivity contribution in [2.24, 2.45) is 11.8 Å². The summed E-state index contributed by atoms with van der Waals surface area (Å²) in [6, 6.07) is -0.151. The second-order valence-electron chi connectivity index (χ2n) is 6.64. The highest BCUT2D eigenvalue weighted by molar-refractivity contribution is 6.01. The topological polar surface area (TPSA) is 76.1 Å². The average Bonchev–Trinajstić information content (AvgIpc) is 2.84. The number of ether oxygens (including phenoxy) is 2. The number of β-lactam (4-membered cyclic amide) rings is 1. The molecule has 0 aromatic heterocycles. The molecule has 6 heteroatoms. The Morgan fingerprint density at radius 2 is 2.25 bits per heavy atom. The van der Waals surface area contributed by atoms with Crippen LogP contribution >= 0.6 is 0 Å². The van der Waals surface area contributed by atoms with E-state index in [2.05, 4.69) is 6.58 Å². The van der Waals surface area contributed by atoms with E-state index in [0.717, 1.165) is 24.8 Å². The summed E-state index contributed by atoms with van der Waals surface area (Å²) in [4.78, 5) is 26.7. The van der Waals surface area contributed by atoms with Gasteiger partial charge in [-0.3, -0.25) is 4.79 Å². The van der Waals surface area contributed by atoms with Gasteiger partial charge in [-0.15, -0.1) is 0 Å². The molecule has 6 nitrogen and oxygen atoms in total. The van der Waals surface area contributed by atoms with E-state index in [1.165, 1.54) is 6.08 Å². The molecule has 3 rings (SSSR count). The Hall–Kier alpha value is -1.66. The number of hydrogen-bond acceptors (Lipinski definition) is 5. The molecule has 1 unspecified atom stereocenters. The molecule has 0 aromatic carbocycles. The number of esters is 1. The van der Waals surface area contributed by atoms with Gasteiger partial charge in [0.25, 0.3) is 0 Å². The van der Waals surface area contributed by atoms with Crippen molar-refractivity contribution >= 4 is 11.9 Å². The number of carbonyl (C=O) groups excluding carboxylic acids is 2. The Balaban J connectivity index is 1.99. The smallest absolute Gasteiger partial charge is 0.355 e. The molecule has 24 heavy (non-hydrogen) atoms. The minimum Gasteiger partial charge on any atom is -0.457 e. The lowest BCUT2D eigenvalue weighted by atomic mass is 9.71. The van der Waals surface area contributed by atoms with Gasteiger partial charge in [-0.1, -0.05) is 12.7 Å². The molecule has 1 N–H and O–H groups in total. The molecule has 2 heterocycles. The fourth-order valence-corrected chi connectivity index (χ4v) is 4.40. The number of aliphatic hydroxyl groups is 1. The van der Waals surface area contributed by atoms with E-state index in [-0.39, 0.29) is 30.6 Å². The zero-order valence-electron chi connectivity index (χ0n) is 14.2. The van der Waals surface area contributed by atoms with Crippen molar-refractivity contribution in [3.8, 4) is 0 Å². The molecule has 2 fully saturated rings. The van der Waals surface area contributed by atoms with E-state index in [1.807, 2.05) is 6.92 Å². The third-order valence-electron chi connectivity index (χ3n) is 5.26. The van der Waals surface area contributed by atoms with Gasteiger partial charge in [-0.2, -0.15) is 0 Å². The first kappa shape index (κ1) is 17.2. The summed E-state index contributed by atoms with van der Waals surface area (Å²) < 4.78 is 11.1. The van der Waals surface area contributed by atoms with Gasteiger partial charge in [0, 0.05) is 12.5 Å². The normalized spacial score (nSPS) is 32.8. The van der Waals surface area contributed by atoms with Crippen molar-refractivity contribution in [3.63, 3.8) is 0 Å². The van der Waals surface area contributed by atoms with Crippen LogP contribution in [0.4, 0.5) is 0 Å². The SMILES string of the molecule is C=CCOC(=O)C1=C2[C@@H](OCC)CCC[C@@H]2[C@@H]2[C@@H](C(C)O)C(=O)N12. The van der Waals surface area contributed by atoms with Crippen LogP contribution in [0.25, 0.3) is 0 Å². The van der Waals surface area contributed by atoms with Crippen LogP contribution in [0.1, 0.15) is 33.1 Å². The standard InChI is InChI=1S/C18H25NO5/c1-4-9-24-18(22)16-14-11(7-6-8-12(14)23-5-2)15-13(10(3)20)17(21)19(15)16/h4,10-13,15,20H,1,5-9H2,2-3H3/t10?,11-,12-,13+,15+/m0/s1. The summed E-state index contributed by atoms with van der Waals surface area (Å²) in [5, 5.41) is 9.99. The molecular formula is C18H25NO5. The summed E-state index contributed by atoms with van der Waals surface area (Å²) >= 11 is 0. The van der Waals surface area contributed by atoms with Crippen LogP contribution in [0.2, 0.25) is 0 Å². The number of amides is 1. The maximum atomic E-state index is 12.6. The van der Waals surface area contributed by atoms with Gasteiger partial charge in [-0.05, 0) is 38.7 Å². The van der Waals surface area contributed by atoms with Crippen LogP contribution in [-0.2, 0) is 19.1 Å². The Labute approximate surface area is 142 Å². The second kappa shape index (κ2) is 6.69. The molecular weight excluding hydrogens is 310 g/mol. The van der Waals surface area contributed by atoms with Gasteiger partial charge in [0.2, 0.25) is 5.91 Å². The molecule has 0 aromatic rings. The first-order valence-electron chi connectivity index (χ1n) is 8.67. The summed E-state index contributed by atoms with van der Waals surface area (Å²) in [6.07, 6.45) is 3.34. The Bertz CT molecular complexity index is 580. The second-order valence-corrected chi connectivity index (χ2v) is 6.64. The fraction of sp³-hybridized carbons (Fsp3) is 0.667. The highest BCUT2D eigenvalue weighted by Crippen LogP contribution is 2.52. The molecule has 2 aliphatic heterocycles. The van der Waals surface area contributed by atoms with Gasteiger partial charge in [0.1, 0.15) is 12.3 Å². The van der Waals surface area contributed by atoms with Gasteiger partial charge in [0.05, 0.1) is 24.2 Å². The van der Waals surface area contributed by atoms with Crippen LogP contribution in [0.15, 0.2) is 23.9 Å². The van der Waals surface area contributed by atoms with Crippen LogP contribution < -0.4 is 0 Å². The van der Waals surface area contributed by atoms with E-state index in [1.54, 1.807) is 11.8 Å². The lowest BCUT2D eigenvalue weighted by Crippen LogP contribution is -2.64. The van der Waals surface area contributed by atoms with E-state index in [4.69, 9.17) is 9.47 Å². The number of rotatable bonds is 6. The fourth-order valence-electron chi connectivity index (χ4n) is 4.40. The van der Waals surface area contributed by atoms with Gasteiger partial charge >= 0.3 is 5.97 Å². The predicted molar refractivity (Wildman–Crippen MR) is 86.7 cm³/mol. The molecule has 0 radical (unpaired) electrons. The highest BCUT2D eigenvalue weighted by Gasteiger charge is 2.62. The molecule has 1 saturated heterocycles. The molecule has 5 atom stereocenters. The summed E-state index contributed by atoms with van der Waals surface area (Å²) in [6.45, 7) is 7.76. The quantitative estimate of drug-likeness (QED) is 0.451. The molecule has 1 amide bonds. The minimum atomic E-state index is -0.726. The third-order valence-corrected chi connectivity index (χ3v) is 5.26. The largest absolute Gasteiger partial charge is 0.457 e. The van der Waals surface area contributed by atoms with Crippen LogP contribution in [-0.4, -0.2) is 53.3 Å². The van der Waals surface area contributed by atoms with Crippen molar-refractivity contribution in [3.05, 3.63) is 23.9 Å². The summed E-state index contributed by atoms with van der Waals surface area (Å²) in [5.74, 6) is -1.08. The van der Waals surface area contributed by atoms with E-state index in [0.29, 0.717) is 12.3 Å². The summed E-state index contributed by atoms with van der Waals surface area (Å²) in [7, 11) is 0. The number of fused-ring (bicyclic) bond motifs is 3. The van der Waals surface area contributed by atoms with Crippen molar-refractivity contribution in [2.45, 2.75) is 51.4 Å².